The summed E-state index contributed by atoms with van der Waals surface area (Å²) in [5, 5.41) is 16.9. The molecule has 7 nitrogen and oxygen atoms in total. The minimum atomic E-state index is -0.272. The number of rotatable bonds is 7. The first-order chi connectivity index (χ1) is 12.0. The standard InChI is InChI=1S/C18H24N4O3/c1-22-11-12(9-20-22)3-5-16(24)21-18(14-7-15(23)8-14)13-4-6-17(25-2)19-10-13/h4,6,9-11,14-15,18,23H,3,5,7-8H2,1-2H3,(H,21,24)/t14?,15?,18-/m0/s1. The van der Waals surface area contributed by atoms with Crippen molar-refractivity contribution in [3.63, 3.8) is 0 Å². The molecule has 0 aliphatic heterocycles. The number of ether oxygens (including phenoxy) is 1. The third kappa shape index (κ3) is 4.36. The Morgan fingerprint density at radius 2 is 2.24 bits per heavy atom. The number of amides is 1. The number of pyridine rings is 1. The molecule has 1 atom stereocenters. The fourth-order valence-electron chi connectivity index (χ4n) is 3.18. The van der Waals surface area contributed by atoms with Gasteiger partial charge in [0.2, 0.25) is 11.8 Å². The van der Waals surface area contributed by atoms with Crippen LogP contribution in [-0.4, -0.2) is 39.0 Å². The third-order valence-electron chi connectivity index (χ3n) is 4.66. The Morgan fingerprint density at radius 1 is 1.44 bits per heavy atom. The van der Waals surface area contributed by atoms with Crippen LogP contribution in [0.3, 0.4) is 0 Å². The SMILES string of the molecule is COc1ccc([C@H](NC(=O)CCc2cnn(C)c2)C2CC(O)C2)cn1. The van der Waals surface area contributed by atoms with Crippen molar-refractivity contribution in [2.24, 2.45) is 13.0 Å². The number of carbonyl (C=O) groups is 1. The Balaban J connectivity index is 1.63. The van der Waals surface area contributed by atoms with Gasteiger partial charge in [0.15, 0.2) is 0 Å². The molecule has 3 rings (SSSR count). The molecule has 0 saturated heterocycles. The van der Waals surface area contributed by atoms with E-state index in [2.05, 4.69) is 15.4 Å². The summed E-state index contributed by atoms with van der Waals surface area (Å²) in [6, 6.07) is 3.57. The van der Waals surface area contributed by atoms with Crippen molar-refractivity contribution in [3.8, 4) is 5.88 Å². The van der Waals surface area contributed by atoms with Gasteiger partial charge in [0.25, 0.3) is 0 Å². The van der Waals surface area contributed by atoms with Crippen LogP contribution in [0.5, 0.6) is 5.88 Å². The molecule has 0 unspecified atom stereocenters. The molecule has 0 radical (unpaired) electrons. The van der Waals surface area contributed by atoms with Crippen molar-refractivity contribution >= 4 is 5.91 Å². The Kier molecular flexibility index (Phi) is 5.33. The fourth-order valence-corrected chi connectivity index (χ4v) is 3.18. The molecule has 2 heterocycles. The van der Waals surface area contributed by atoms with E-state index in [1.165, 1.54) is 0 Å². The van der Waals surface area contributed by atoms with Gasteiger partial charge in [0.05, 0.1) is 25.5 Å². The van der Waals surface area contributed by atoms with Crippen LogP contribution in [0.4, 0.5) is 0 Å². The second-order valence-electron chi connectivity index (χ2n) is 6.59. The summed E-state index contributed by atoms with van der Waals surface area (Å²) in [6.07, 6.45) is 7.60. The number of nitrogens with one attached hydrogen (secondary N) is 1. The topological polar surface area (TPSA) is 89.3 Å². The average Bonchev–Trinajstić information content (AvgIpc) is 3.01. The number of hydrogen-bond acceptors (Lipinski definition) is 5. The number of aryl methyl sites for hydroxylation is 2. The van der Waals surface area contributed by atoms with Crippen LogP contribution in [-0.2, 0) is 18.3 Å². The monoisotopic (exact) mass is 344 g/mol. The largest absolute Gasteiger partial charge is 0.481 e. The Morgan fingerprint density at radius 3 is 2.80 bits per heavy atom. The zero-order chi connectivity index (χ0) is 17.8. The van der Waals surface area contributed by atoms with Gasteiger partial charge in [-0.15, -0.1) is 0 Å². The minimum absolute atomic E-state index is 0.00828. The molecule has 2 N–H and O–H groups in total. The van der Waals surface area contributed by atoms with Crippen molar-refractivity contribution in [2.75, 3.05) is 7.11 Å². The second kappa shape index (κ2) is 7.65. The summed E-state index contributed by atoms with van der Waals surface area (Å²) < 4.78 is 6.82. The maximum atomic E-state index is 12.4. The maximum absolute atomic E-state index is 12.4. The van der Waals surface area contributed by atoms with Gasteiger partial charge in [0.1, 0.15) is 0 Å². The average molecular weight is 344 g/mol. The van der Waals surface area contributed by atoms with Gasteiger partial charge in [-0.3, -0.25) is 9.48 Å². The van der Waals surface area contributed by atoms with Crippen LogP contribution in [0.1, 0.15) is 36.4 Å². The Bertz CT molecular complexity index is 707. The molecule has 0 bridgehead atoms. The maximum Gasteiger partial charge on any atom is 0.220 e. The van der Waals surface area contributed by atoms with E-state index in [0.717, 1.165) is 11.1 Å². The number of nitrogens with zero attached hydrogens (tertiary/aromatic N) is 3. The van der Waals surface area contributed by atoms with Gasteiger partial charge in [0, 0.05) is 31.9 Å². The van der Waals surface area contributed by atoms with Crippen molar-refractivity contribution < 1.29 is 14.6 Å². The molecule has 2 aromatic rings. The molecule has 7 heteroatoms. The predicted octanol–water partition coefficient (Wildman–Crippen LogP) is 1.38. The lowest BCUT2D eigenvalue weighted by Gasteiger charge is -2.38. The second-order valence-corrected chi connectivity index (χ2v) is 6.59. The summed E-state index contributed by atoms with van der Waals surface area (Å²) in [4.78, 5) is 16.6. The molecule has 1 fully saturated rings. The molecule has 1 amide bonds. The highest BCUT2D eigenvalue weighted by atomic mass is 16.5. The van der Waals surface area contributed by atoms with Crippen LogP contribution >= 0.6 is 0 Å². The molecule has 0 spiro atoms. The zero-order valence-electron chi connectivity index (χ0n) is 14.6. The van der Waals surface area contributed by atoms with Gasteiger partial charge in [-0.05, 0) is 36.3 Å². The quantitative estimate of drug-likeness (QED) is 0.792. The summed E-state index contributed by atoms with van der Waals surface area (Å²) >= 11 is 0. The molecule has 25 heavy (non-hydrogen) atoms. The van der Waals surface area contributed by atoms with Gasteiger partial charge >= 0.3 is 0 Å². The smallest absolute Gasteiger partial charge is 0.220 e. The summed E-state index contributed by atoms with van der Waals surface area (Å²) in [7, 11) is 3.43. The fraction of sp³-hybridized carbons (Fsp3) is 0.500. The number of aliphatic hydroxyl groups is 1. The lowest BCUT2D eigenvalue weighted by molar-refractivity contribution is -0.123. The third-order valence-corrected chi connectivity index (χ3v) is 4.66. The lowest BCUT2D eigenvalue weighted by atomic mass is 9.75. The van der Waals surface area contributed by atoms with Crippen molar-refractivity contribution in [3.05, 3.63) is 41.9 Å². The van der Waals surface area contributed by atoms with Gasteiger partial charge < -0.3 is 15.2 Å². The molecule has 1 aliphatic rings. The molecule has 1 saturated carbocycles. The lowest BCUT2D eigenvalue weighted by Crippen LogP contribution is -2.41. The first-order valence-electron chi connectivity index (χ1n) is 8.50. The molecule has 2 aromatic heterocycles. The highest BCUT2D eigenvalue weighted by Crippen LogP contribution is 2.38. The van der Waals surface area contributed by atoms with E-state index < -0.39 is 0 Å². The predicted molar refractivity (Wildman–Crippen MR) is 91.9 cm³/mol. The molecular weight excluding hydrogens is 320 g/mol. The number of methoxy groups -OCH3 is 1. The van der Waals surface area contributed by atoms with Crippen molar-refractivity contribution in [1.82, 2.24) is 20.1 Å². The van der Waals surface area contributed by atoms with Crippen molar-refractivity contribution in [1.29, 1.82) is 0 Å². The summed E-state index contributed by atoms with van der Waals surface area (Å²) in [5.74, 6) is 0.762. The minimum Gasteiger partial charge on any atom is -0.481 e. The number of aromatic nitrogens is 3. The Hall–Kier alpha value is -2.41. The van der Waals surface area contributed by atoms with Gasteiger partial charge in [-0.1, -0.05) is 6.07 Å². The number of aliphatic hydroxyl groups excluding tert-OH is 1. The highest BCUT2D eigenvalue weighted by molar-refractivity contribution is 5.76. The van der Waals surface area contributed by atoms with Crippen LogP contribution < -0.4 is 10.1 Å². The number of carbonyl (C=O) groups excluding carboxylic acids is 1. The number of hydrogen-bond donors (Lipinski definition) is 2. The first-order valence-corrected chi connectivity index (χ1v) is 8.50. The highest BCUT2D eigenvalue weighted by Gasteiger charge is 2.35. The van der Waals surface area contributed by atoms with E-state index in [0.29, 0.717) is 31.6 Å². The molecule has 0 aromatic carbocycles. The molecular formula is C18H24N4O3. The summed E-state index contributed by atoms with van der Waals surface area (Å²) in [6.45, 7) is 0. The summed E-state index contributed by atoms with van der Waals surface area (Å²) in [5.41, 5.74) is 1.98. The van der Waals surface area contributed by atoms with E-state index >= 15 is 0 Å². The van der Waals surface area contributed by atoms with E-state index in [1.807, 2.05) is 19.3 Å². The van der Waals surface area contributed by atoms with E-state index in [-0.39, 0.29) is 24.0 Å². The van der Waals surface area contributed by atoms with E-state index in [9.17, 15) is 9.90 Å². The molecule has 134 valence electrons. The van der Waals surface area contributed by atoms with Crippen LogP contribution in [0.15, 0.2) is 30.7 Å². The van der Waals surface area contributed by atoms with Gasteiger partial charge in [-0.25, -0.2) is 4.98 Å². The van der Waals surface area contributed by atoms with E-state index in [1.54, 1.807) is 30.3 Å². The zero-order valence-corrected chi connectivity index (χ0v) is 14.6. The van der Waals surface area contributed by atoms with Crippen LogP contribution in [0.25, 0.3) is 0 Å². The first kappa shape index (κ1) is 17.4. The van der Waals surface area contributed by atoms with Gasteiger partial charge in [-0.2, -0.15) is 5.10 Å². The molecule has 1 aliphatic carbocycles. The Labute approximate surface area is 147 Å². The van der Waals surface area contributed by atoms with E-state index in [4.69, 9.17) is 4.74 Å². The van der Waals surface area contributed by atoms with Crippen LogP contribution in [0, 0.1) is 5.92 Å². The van der Waals surface area contributed by atoms with Crippen molar-refractivity contribution in [2.45, 2.75) is 37.8 Å². The normalized spacial score (nSPS) is 20.6. The van der Waals surface area contributed by atoms with Crippen LogP contribution in [0.2, 0.25) is 0 Å².